The molecule has 0 aliphatic rings. The summed E-state index contributed by atoms with van der Waals surface area (Å²) in [6.07, 6.45) is 0.761. The molecule has 18 heavy (non-hydrogen) atoms. The number of nitrogens with zero attached hydrogens (tertiary/aromatic N) is 1. The molecule has 1 aromatic rings. The van der Waals surface area contributed by atoms with Gasteiger partial charge in [0.1, 0.15) is 0 Å². The molecule has 2 N–H and O–H groups in total. The Bertz CT molecular complexity index is 396. The van der Waals surface area contributed by atoms with E-state index in [0.29, 0.717) is 16.1 Å². The third-order valence-corrected chi connectivity index (χ3v) is 3.09. The Morgan fingerprint density at radius 2 is 1.89 bits per heavy atom. The minimum absolute atomic E-state index is 0.347. The summed E-state index contributed by atoms with van der Waals surface area (Å²) in [5, 5.41) is 7.85. The van der Waals surface area contributed by atoms with E-state index in [2.05, 4.69) is 29.5 Å². The molecule has 0 atom stereocenters. The highest BCUT2D eigenvalue weighted by atomic mass is 35.5. The fraction of sp³-hybridized carbons (Fsp3) is 0.462. The first-order valence-electron chi connectivity index (χ1n) is 5.94. The quantitative estimate of drug-likeness (QED) is 0.659. The third kappa shape index (κ3) is 4.75. The summed E-state index contributed by atoms with van der Waals surface area (Å²) in [7, 11) is 1.75. The molecule has 0 radical (unpaired) electrons. The van der Waals surface area contributed by atoms with Crippen molar-refractivity contribution in [3.63, 3.8) is 0 Å². The Hall–Kier alpha value is -0.930. The molecule has 100 valence electrons. The van der Waals surface area contributed by atoms with E-state index in [9.17, 15) is 0 Å². The van der Waals surface area contributed by atoms with Crippen LogP contribution in [0.4, 0.5) is 0 Å². The van der Waals surface area contributed by atoms with Crippen molar-refractivity contribution in [3.8, 4) is 0 Å². The van der Waals surface area contributed by atoms with Crippen molar-refractivity contribution in [2.75, 3.05) is 13.6 Å². The molecule has 3 nitrogen and oxygen atoms in total. The van der Waals surface area contributed by atoms with E-state index in [1.54, 1.807) is 7.05 Å². The average molecular weight is 288 g/mol. The Morgan fingerprint density at radius 1 is 1.28 bits per heavy atom. The Balaban J connectivity index is 2.51. The highest BCUT2D eigenvalue weighted by Gasteiger charge is 2.05. The highest BCUT2D eigenvalue weighted by molar-refractivity contribution is 6.35. The number of halogens is 2. The number of benzene rings is 1. The molecule has 1 aromatic carbocycles. The van der Waals surface area contributed by atoms with Gasteiger partial charge in [0.2, 0.25) is 0 Å². The Kier molecular flexibility index (Phi) is 6.30. The number of nitrogens with one attached hydrogen (secondary N) is 2. The normalized spacial score (nSPS) is 11.8. The van der Waals surface area contributed by atoms with E-state index in [1.807, 2.05) is 18.2 Å². The Labute approximate surface area is 119 Å². The van der Waals surface area contributed by atoms with Gasteiger partial charge in [-0.25, -0.2) is 0 Å². The lowest BCUT2D eigenvalue weighted by Crippen LogP contribution is -2.41. The van der Waals surface area contributed by atoms with Gasteiger partial charge in [-0.15, -0.1) is 0 Å². The van der Waals surface area contributed by atoms with Gasteiger partial charge in [-0.1, -0.05) is 29.3 Å². The second kappa shape index (κ2) is 7.49. The fourth-order valence-corrected chi connectivity index (χ4v) is 2.13. The molecule has 1 rings (SSSR count). The standard InChI is InChI=1S/C13H19Cl2N3/c1-9(2)18-13(16-3)17-8-7-10-11(14)5-4-6-12(10)15/h4-6,9H,7-8H2,1-3H3,(H2,16,17,18). The van der Waals surface area contributed by atoms with Crippen LogP contribution in [0.5, 0.6) is 0 Å². The van der Waals surface area contributed by atoms with E-state index in [4.69, 9.17) is 23.2 Å². The molecule has 0 fully saturated rings. The van der Waals surface area contributed by atoms with Crippen molar-refractivity contribution >= 4 is 29.2 Å². The van der Waals surface area contributed by atoms with Crippen LogP contribution in [-0.2, 0) is 6.42 Å². The fourth-order valence-electron chi connectivity index (χ4n) is 1.55. The third-order valence-electron chi connectivity index (χ3n) is 2.38. The molecular formula is C13H19Cl2N3. The first kappa shape index (κ1) is 15.1. The van der Waals surface area contributed by atoms with Crippen molar-refractivity contribution in [3.05, 3.63) is 33.8 Å². The monoisotopic (exact) mass is 287 g/mol. The summed E-state index contributed by atoms with van der Waals surface area (Å²) in [4.78, 5) is 4.13. The van der Waals surface area contributed by atoms with Gasteiger partial charge in [0.05, 0.1) is 0 Å². The zero-order chi connectivity index (χ0) is 13.5. The molecule has 5 heteroatoms. The van der Waals surface area contributed by atoms with Crippen LogP contribution < -0.4 is 10.6 Å². The van der Waals surface area contributed by atoms with Crippen LogP contribution >= 0.6 is 23.2 Å². The number of guanidine groups is 1. The molecule has 0 spiro atoms. The molecule has 0 bridgehead atoms. The predicted molar refractivity (Wildman–Crippen MR) is 79.8 cm³/mol. The van der Waals surface area contributed by atoms with Gasteiger partial charge in [-0.2, -0.15) is 0 Å². The van der Waals surface area contributed by atoms with Gasteiger partial charge in [0, 0.05) is 29.7 Å². The smallest absolute Gasteiger partial charge is 0.191 e. The molecule has 0 aliphatic heterocycles. The minimum atomic E-state index is 0.347. The molecule has 0 aromatic heterocycles. The lowest BCUT2D eigenvalue weighted by molar-refractivity contribution is 0.698. The summed E-state index contributed by atoms with van der Waals surface area (Å²) < 4.78 is 0. The van der Waals surface area contributed by atoms with Gasteiger partial charge in [-0.05, 0) is 38.0 Å². The summed E-state index contributed by atoms with van der Waals surface area (Å²) >= 11 is 12.2. The number of rotatable bonds is 4. The molecular weight excluding hydrogens is 269 g/mol. The summed E-state index contributed by atoms with van der Waals surface area (Å²) in [6.45, 7) is 4.87. The van der Waals surface area contributed by atoms with Crippen LogP contribution in [0.15, 0.2) is 23.2 Å². The van der Waals surface area contributed by atoms with E-state index < -0.39 is 0 Å². The van der Waals surface area contributed by atoms with Crippen LogP contribution in [0.25, 0.3) is 0 Å². The molecule has 0 aliphatic carbocycles. The molecule has 0 saturated heterocycles. The summed E-state index contributed by atoms with van der Waals surface area (Å²) in [5.41, 5.74) is 0.966. The summed E-state index contributed by atoms with van der Waals surface area (Å²) in [6, 6.07) is 5.90. The molecule has 0 saturated carbocycles. The summed E-state index contributed by atoms with van der Waals surface area (Å²) in [5.74, 6) is 0.785. The lowest BCUT2D eigenvalue weighted by Gasteiger charge is -2.15. The van der Waals surface area contributed by atoms with Crippen molar-refractivity contribution in [1.29, 1.82) is 0 Å². The minimum Gasteiger partial charge on any atom is -0.356 e. The molecule has 0 amide bonds. The second-order valence-corrected chi connectivity index (χ2v) is 5.06. The van der Waals surface area contributed by atoms with Crippen LogP contribution in [0.3, 0.4) is 0 Å². The zero-order valence-electron chi connectivity index (χ0n) is 10.9. The molecule has 0 heterocycles. The van der Waals surface area contributed by atoms with Crippen molar-refractivity contribution < 1.29 is 0 Å². The lowest BCUT2D eigenvalue weighted by atomic mass is 10.1. The predicted octanol–water partition coefficient (Wildman–Crippen LogP) is 3.11. The van der Waals surface area contributed by atoms with Crippen LogP contribution in [0.2, 0.25) is 10.0 Å². The first-order valence-corrected chi connectivity index (χ1v) is 6.70. The molecule has 0 unspecified atom stereocenters. The number of aliphatic imine (C=N–C) groups is 1. The van der Waals surface area contributed by atoms with Crippen LogP contribution in [0.1, 0.15) is 19.4 Å². The average Bonchev–Trinajstić information content (AvgIpc) is 2.31. The first-order chi connectivity index (χ1) is 8.54. The van der Waals surface area contributed by atoms with E-state index >= 15 is 0 Å². The van der Waals surface area contributed by atoms with Gasteiger partial charge < -0.3 is 10.6 Å². The van der Waals surface area contributed by atoms with Crippen LogP contribution in [-0.4, -0.2) is 25.6 Å². The number of hydrogen-bond donors (Lipinski definition) is 2. The second-order valence-electron chi connectivity index (χ2n) is 4.25. The topological polar surface area (TPSA) is 36.4 Å². The maximum atomic E-state index is 6.10. The van der Waals surface area contributed by atoms with Crippen molar-refractivity contribution in [1.82, 2.24) is 10.6 Å². The van der Waals surface area contributed by atoms with Gasteiger partial charge in [0.25, 0.3) is 0 Å². The van der Waals surface area contributed by atoms with E-state index in [0.717, 1.165) is 24.5 Å². The van der Waals surface area contributed by atoms with Gasteiger partial charge in [0.15, 0.2) is 5.96 Å². The maximum Gasteiger partial charge on any atom is 0.191 e. The SMILES string of the molecule is CN=C(NCCc1c(Cl)cccc1Cl)NC(C)C. The Morgan fingerprint density at radius 3 is 2.39 bits per heavy atom. The van der Waals surface area contributed by atoms with Gasteiger partial charge in [-0.3, -0.25) is 4.99 Å². The van der Waals surface area contributed by atoms with Crippen LogP contribution in [0, 0.1) is 0 Å². The van der Waals surface area contributed by atoms with E-state index in [1.165, 1.54) is 0 Å². The van der Waals surface area contributed by atoms with Gasteiger partial charge >= 0.3 is 0 Å². The highest BCUT2D eigenvalue weighted by Crippen LogP contribution is 2.24. The maximum absolute atomic E-state index is 6.10. The van der Waals surface area contributed by atoms with Crippen molar-refractivity contribution in [2.45, 2.75) is 26.3 Å². The van der Waals surface area contributed by atoms with E-state index in [-0.39, 0.29) is 0 Å². The zero-order valence-corrected chi connectivity index (χ0v) is 12.4. The largest absolute Gasteiger partial charge is 0.356 e. The number of hydrogen-bond acceptors (Lipinski definition) is 1. The van der Waals surface area contributed by atoms with Crippen molar-refractivity contribution in [2.24, 2.45) is 4.99 Å².